The minimum atomic E-state index is -4.20. The largest absolute Gasteiger partial charge is 0.264 e. The van der Waals surface area contributed by atoms with Crippen molar-refractivity contribution in [3.05, 3.63) is 29.8 Å². The first-order chi connectivity index (χ1) is 5.43. The fourth-order valence-electron chi connectivity index (χ4n) is 0.672. The van der Waals surface area contributed by atoms with E-state index < -0.39 is 25.6 Å². The Morgan fingerprint density at radius 1 is 1.25 bits per heavy atom. The summed E-state index contributed by atoms with van der Waals surface area (Å²) in [5.41, 5.74) is 0. The molecule has 0 aliphatic heterocycles. The van der Waals surface area contributed by atoms with Crippen LogP contribution in [0.3, 0.4) is 0 Å². The highest BCUT2D eigenvalue weighted by Gasteiger charge is 2.18. The van der Waals surface area contributed by atoms with Crippen LogP contribution in [0.1, 0.15) is 0 Å². The molecule has 6 heteroatoms. The van der Waals surface area contributed by atoms with Crippen LogP contribution >= 0.6 is 10.7 Å². The molecule has 0 atom stereocenters. The average Bonchev–Trinajstić information content (AvgIpc) is 1.92. The SMILES string of the molecule is O=S(=O)(Cl)c1cccc(F)c1F. The molecule has 12 heavy (non-hydrogen) atoms. The van der Waals surface area contributed by atoms with Crippen molar-refractivity contribution in [2.75, 3.05) is 0 Å². The lowest BCUT2D eigenvalue weighted by molar-refractivity contribution is 0.486. The second-order valence-electron chi connectivity index (χ2n) is 1.99. The van der Waals surface area contributed by atoms with Gasteiger partial charge in [-0.3, -0.25) is 0 Å². The summed E-state index contributed by atoms with van der Waals surface area (Å²) in [7, 11) is 0.603. The zero-order valence-electron chi connectivity index (χ0n) is 5.59. The number of halogens is 3. The number of hydrogen-bond donors (Lipinski definition) is 0. The van der Waals surface area contributed by atoms with Crippen LogP contribution in [-0.2, 0) is 9.05 Å². The van der Waals surface area contributed by atoms with Crippen LogP contribution < -0.4 is 0 Å². The van der Waals surface area contributed by atoms with Gasteiger partial charge in [-0.2, -0.15) is 0 Å². The van der Waals surface area contributed by atoms with Crippen molar-refractivity contribution in [3.63, 3.8) is 0 Å². The third-order valence-electron chi connectivity index (χ3n) is 1.18. The highest BCUT2D eigenvalue weighted by atomic mass is 35.7. The first-order valence-electron chi connectivity index (χ1n) is 2.81. The van der Waals surface area contributed by atoms with Gasteiger partial charge in [0, 0.05) is 10.7 Å². The zero-order valence-corrected chi connectivity index (χ0v) is 7.16. The first-order valence-corrected chi connectivity index (χ1v) is 5.12. The summed E-state index contributed by atoms with van der Waals surface area (Å²) < 4.78 is 46.2. The highest BCUT2D eigenvalue weighted by Crippen LogP contribution is 2.20. The van der Waals surface area contributed by atoms with Gasteiger partial charge < -0.3 is 0 Å². The lowest BCUT2D eigenvalue weighted by atomic mass is 10.3. The molecule has 1 aromatic carbocycles. The van der Waals surface area contributed by atoms with Gasteiger partial charge in [-0.25, -0.2) is 17.2 Å². The lowest BCUT2D eigenvalue weighted by Gasteiger charge is -1.97. The molecular formula is C6H3ClF2O2S. The maximum Gasteiger partial charge on any atom is 0.264 e. The Morgan fingerprint density at radius 2 is 1.83 bits per heavy atom. The summed E-state index contributed by atoms with van der Waals surface area (Å²) in [5.74, 6) is -2.69. The molecule has 0 spiro atoms. The van der Waals surface area contributed by atoms with Crippen molar-refractivity contribution in [1.82, 2.24) is 0 Å². The molecule has 0 aliphatic rings. The molecule has 2 nitrogen and oxygen atoms in total. The Labute approximate surface area is 72.2 Å². The molecule has 0 bridgehead atoms. The van der Waals surface area contributed by atoms with Crippen molar-refractivity contribution >= 4 is 19.7 Å². The Kier molecular flexibility index (Phi) is 2.34. The fourth-order valence-corrected chi connectivity index (χ4v) is 1.58. The number of benzene rings is 1. The van der Waals surface area contributed by atoms with Crippen molar-refractivity contribution in [1.29, 1.82) is 0 Å². The topological polar surface area (TPSA) is 34.1 Å². The molecule has 0 radical (unpaired) electrons. The molecule has 66 valence electrons. The molecule has 0 unspecified atom stereocenters. The highest BCUT2D eigenvalue weighted by molar-refractivity contribution is 8.13. The third-order valence-corrected chi connectivity index (χ3v) is 2.52. The van der Waals surface area contributed by atoms with E-state index in [0.717, 1.165) is 18.2 Å². The van der Waals surface area contributed by atoms with E-state index in [9.17, 15) is 17.2 Å². The standard InChI is InChI=1S/C6H3ClF2O2S/c7-12(10,11)5-3-1-2-4(8)6(5)9/h1-3H. The van der Waals surface area contributed by atoms with Gasteiger partial charge in [0.1, 0.15) is 4.90 Å². The van der Waals surface area contributed by atoms with E-state index in [2.05, 4.69) is 0 Å². The van der Waals surface area contributed by atoms with Crippen LogP contribution in [0.5, 0.6) is 0 Å². The summed E-state index contributed by atoms with van der Waals surface area (Å²) in [4.78, 5) is -0.843. The quantitative estimate of drug-likeness (QED) is 0.667. The van der Waals surface area contributed by atoms with E-state index in [1.165, 1.54) is 0 Å². The number of hydrogen-bond acceptors (Lipinski definition) is 2. The monoisotopic (exact) mass is 212 g/mol. The maximum absolute atomic E-state index is 12.7. The van der Waals surface area contributed by atoms with Crippen LogP contribution in [0.2, 0.25) is 0 Å². The molecule has 1 aromatic rings. The Hall–Kier alpha value is -0.680. The van der Waals surface area contributed by atoms with E-state index in [-0.39, 0.29) is 0 Å². The van der Waals surface area contributed by atoms with Crippen molar-refractivity contribution in [2.45, 2.75) is 4.90 Å². The molecule has 0 aliphatic carbocycles. The van der Waals surface area contributed by atoms with E-state index in [0.29, 0.717) is 0 Å². The van der Waals surface area contributed by atoms with Gasteiger partial charge in [0.15, 0.2) is 11.6 Å². The van der Waals surface area contributed by atoms with Crippen LogP contribution in [0, 0.1) is 11.6 Å². The van der Waals surface area contributed by atoms with Crippen molar-refractivity contribution in [2.24, 2.45) is 0 Å². The second kappa shape index (κ2) is 2.99. The molecular weight excluding hydrogens is 210 g/mol. The second-order valence-corrected chi connectivity index (χ2v) is 4.52. The van der Waals surface area contributed by atoms with Crippen LogP contribution in [0.15, 0.2) is 23.1 Å². The maximum atomic E-state index is 12.7. The van der Waals surface area contributed by atoms with E-state index in [1.54, 1.807) is 0 Å². The minimum absolute atomic E-state index is 0.806. The smallest absolute Gasteiger partial charge is 0.207 e. The van der Waals surface area contributed by atoms with E-state index in [1.807, 2.05) is 0 Å². The molecule has 0 fully saturated rings. The third kappa shape index (κ3) is 1.73. The number of rotatable bonds is 1. The molecule has 0 N–H and O–H groups in total. The minimum Gasteiger partial charge on any atom is -0.207 e. The van der Waals surface area contributed by atoms with Gasteiger partial charge in [-0.05, 0) is 12.1 Å². The van der Waals surface area contributed by atoms with E-state index >= 15 is 0 Å². The molecule has 0 saturated carbocycles. The van der Waals surface area contributed by atoms with Crippen molar-refractivity contribution < 1.29 is 17.2 Å². The predicted octanol–water partition coefficient (Wildman–Crippen LogP) is 1.89. The first kappa shape index (κ1) is 9.41. The lowest BCUT2D eigenvalue weighted by Crippen LogP contribution is -1.97. The summed E-state index contributed by atoms with van der Waals surface area (Å²) in [6.45, 7) is 0. The molecule has 0 saturated heterocycles. The zero-order chi connectivity index (χ0) is 9.35. The van der Waals surface area contributed by atoms with Gasteiger partial charge in [0.2, 0.25) is 0 Å². The van der Waals surface area contributed by atoms with Gasteiger partial charge in [0.05, 0.1) is 0 Å². The van der Waals surface area contributed by atoms with Gasteiger partial charge in [-0.15, -0.1) is 0 Å². The van der Waals surface area contributed by atoms with Crippen LogP contribution in [-0.4, -0.2) is 8.42 Å². The van der Waals surface area contributed by atoms with Crippen molar-refractivity contribution in [3.8, 4) is 0 Å². The predicted molar refractivity (Wildman–Crippen MR) is 39.4 cm³/mol. The molecule has 0 aromatic heterocycles. The average molecular weight is 213 g/mol. The normalized spacial score (nSPS) is 11.6. The fraction of sp³-hybridized carbons (Fsp3) is 0. The molecule has 0 amide bonds. The van der Waals surface area contributed by atoms with Gasteiger partial charge in [0.25, 0.3) is 9.05 Å². The summed E-state index contributed by atoms with van der Waals surface area (Å²) >= 11 is 0. The van der Waals surface area contributed by atoms with Gasteiger partial charge in [-0.1, -0.05) is 6.07 Å². The van der Waals surface area contributed by atoms with Crippen LogP contribution in [0.4, 0.5) is 8.78 Å². The van der Waals surface area contributed by atoms with Gasteiger partial charge >= 0.3 is 0 Å². The molecule has 0 heterocycles. The Balaban J connectivity index is 3.47. The summed E-state index contributed by atoms with van der Waals surface area (Å²) in [6, 6.07) is 2.76. The summed E-state index contributed by atoms with van der Waals surface area (Å²) in [5, 5.41) is 0. The van der Waals surface area contributed by atoms with E-state index in [4.69, 9.17) is 10.7 Å². The Bertz CT molecular complexity index is 402. The Morgan fingerprint density at radius 3 is 2.25 bits per heavy atom. The van der Waals surface area contributed by atoms with Crippen LogP contribution in [0.25, 0.3) is 0 Å². The molecule has 1 rings (SSSR count). The summed E-state index contributed by atoms with van der Waals surface area (Å²) in [6.07, 6.45) is 0.